The molecule has 1 aromatic heterocycles. The van der Waals surface area contributed by atoms with Gasteiger partial charge in [0.2, 0.25) is 0 Å². The molecule has 0 fully saturated rings. The van der Waals surface area contributed by atoms with Crippen LogP contribution in [0.2, 0.25) is 0 Å². The van der Waals surface area contributed by atoms with Crippen molar-refractivity contribution < 1.29 is 14.3 Å². The van der Waals surface area contributed by atoms with Crippen molar-refractivity contribution in [1.82, 2.24) is 0 Å². The van der Waals surface area contributed by atoms with Crippen molar-refractivity contribution in [2.24, 2.45) is 0 Å². The van der Waals surface area contributed by atoms with Crippen LogP contribution in [-0.4, -0.2) is 11.8 Å². The van der Waals surface area contributed by atoms with Gasteiger partial charge < -0.3 is 4.74 Å². The lowest BCUT2D eigenvalue weighted by atomic mass is 9.97. The average molecular weight is 336 g/mol. The lowest BCUT2D eigenvalue weighted by Crippen LogP contribution is -2.16. The van der Waals surface area contributed by atoms with E-state index in [1.807, 2.05) is 55.5 Å². The molecule has 0 bridgehead atoms. The van der Waals surface area contributed by atoms with E-state index in [9.17, 15) is 9.59 Å². The molecule has 0 saturated heterocycles. The highest BCUT2D eigenvalue weighted by atomic mass is 32.1. The average Bonchev–Trinajstić information content (AvgIpc) is 3.15. The minimum atomic E-state index is -0.818. The van der Waals surface area contributed by atoms with E-state index >= 15 is 0 Å². The van der Waals surface area contributed by atoms with Gasteiger partial charge in [0.1, 0.15) is 6.61 Å². The smallest absolute Gasteiger partial charge is 0.380 e. The van der Waals surface area contributed by atoms with Gasteiger partial charge in [-0.25, -0.2) is 4.79 Å². The fourth-order valence-corrected chi connectivity index (χ4v) is 3.14. The van der Waals surface area contributed by atoms with Crippen LogP contribution in [-0.2, 0) is 16.1 Å². The third kappa shape index (κ3) is 3.44. The summed E-state index contributed by atoms with van der Waals surface area (Å²) in [5.41, 5.74) is 4.13. The number of Topliss-reactive ketones (excluding diaryl/α,β-unsaturated/α-hetero) is 1. The summed E-state index contributed by atoms with van der Waals surface area (Å²) in [5, 5.41) is 1.76. The summed E-state index contributed by atoms with van der Waals surface area (Å²) in [7, 11) is 0. The van der Waals surface area contributed by atoms with Gasteiger partial charge in [-0.2, -0.15) is 0 Å². The van der Waals surface area contributed by atoms with Gasteiger partial charge >= 0.3 is 5.97 Å². The molecule has 0 unspecified atom stereocenters. The molecule has 24 heavy (non-hydrogen) atoms. The van der Waals surface area contributed by atoms with E-state index in [0.717, 1.165) is 22.3 Å². The number of rotatable bonds is 5. The van der Waals surface area contributed by atoms with Gasteiger partial charge in [-0.1, -0.05) is 54.6 Å². The summed E-state index contributed by atoms with van der Waals surface area (Å²) >= 11 is 1.23. The van der Waals surface area contributed by atoms with Crippen LogP contribution in [0.25, 0.3) is 11.1 Å². The van der Waals surface area contributed by atoms with Gasteiger partial charge in [0, 0.05) is 0 Å². The van der Waals surface area contributed by atoms with Gasteiger partial charge in [-0.15, -0.1) is 11.3 Å². The van der Waals surface area contributed by atoms with Crippen LogP contribution in [0.5, 0.6) is 0 Å². The molecule has 4 heteroatoms. The predicted octanol–water partition coefficient (Wildman–Crippen LogP) is 4.65. The van der Waals surface area contributed by atoms with Crippen LogP contribution >= 0.6 is 11.3 Å². The molecule has 3 rings (SSSR count). The first kappa shape index (κ1) is 16.1. The van der Waals surface area contributed by atoms with Crippen molar-refractivity contribution in [3.05, 3.63) is 82.0 Å². The molecule has 0 N–H and O–H groups in total. The molecule has 0 atom stereocenters. The number of benzene rings is 2. The molecule has 0 radical (unpaired) electrons. The summed E-state index contributed by atoms with van der Waals surface area (Å²) in [4.78, 5) is 24.3. The highest BCUT2D eigenvalue weighted by molar-refractivity contribution is 7.12. The van der Waals surface area contributed by atoms with Crippen molar-refractivity contribution >= 4 is 23.1 Å². The molecule has 120 valence electrons. The van der Waals surface area contributed by atoms with E-state index in [1.54, 1.807) is 17.5 Å². The SMILES string of the molecule is Cc1c(COC(=O)C(=O)c2cccs2)cccc1-c1ccccc1. The number of carbonyl (C=O) groups is 2. The monoisotopic (exact) mass is 336 g/mol. The normalized spacial score (nSPS) is 10.4. The molecule has 2 aromatic carbocycles. The molecule has 3 aromatic rings. The standard InChI is InChI=1S/C20H16O3S/c1-14-16(9-5-10-17(14)15-7-3-2-4-8-15)13-23-20(22)19(21)18-11-6-12-24-18/h2-12H,13H2,1H3. The molecule has 3 nitrogen and oxygen atoms in total. The maximum atomic E-state index is 11.9. The Morgan fingerprint density at radius 2 is 1.75 bits per heavy atom. The molecular formula is C20H16O3S. The molecule has 0 saturated carbocycles. The first-order valence-electron chi connectivity index (χ1n) is 7.55. The number of ketones is 1. The molecule has 0 aliphatic heterocycles. The van der Waals surface area contributed by atoms with Crippen molar-refractivity contribution in [3.63, 3.8) is 0 Å². The minimum Gasteiger partial charge on any atom is -0.455 e. The van der Waals surface area contributed by atoms with Crippen molar-refractivity contribution in [2.45, 2.75) is 13.5 Å². The summed E-state index contributed by atoms with van der Waals surface area (Å²) < 4.78 is 5.20. The molecular weight excluding hydrogens is 320 g/mol. The lowest BCUT2D eigenvalue weighted by Gasteiger charge is -2.12. The quantitative estimate of drug-likeness (QED) is 0.387. The molecule has 0 spiro atoms. The van der Waals surface area contributed by atoms with E-state index in [0.29, 0.717) is 4.88 Å². The Morgan fingerprint density at radius 1 is 0.958 bits per heavy atom. The minimum absolute atomic E-state index is 0.0858. The predicted molar refractivity (Wildman–Crippen MR) is 95.1 cm³/mol. The van der Waals surface area contributed by atoms with Crippen LogP contribution < -0.4 is 0 Å². The summed E-state index contributed by atoms with van der Waals surface area (Å²) in [5.74, 6) is -1.41. The van der Waals surface area contributed by atoms with Crippen LogP contribution in [0.3, 0.4) is 0 Å². The first-order chi connectivity index (χ1) is 11.7. The first-order valence-corrected chi connectivity index (χ1v) is 8.43. The third-order valence-electron chi connectivity index (χ3n) is 3.82. The molecule has 1 heterocycles. The zero-order valence-corrected chi connectivity index (χ0v) is 14.0. The van der Waals surface area contributed by atoms with Gasteiger partial charge in [-0.3, -0.25) is 4.79 Å². The Labute approximate surface area is 144 Å². The number of carbonyl (C=O) groups excluding carboxylic acids is 2. The summed E-state index contributed by atoms with van der Waals surface area (Å²) in [6.45, 7) is 2.08. The maximum Gasteiger partial charge on any atom is 0.380 e. The van der Waals surface area contributed by atoms with Gasteiger partial charge in [0.05, 0.1) is 4.88 Å². The summed E-state index contributed by atoms with van der Waals surface area (Å²) in [6.07, 6.45) is 0. The van der Waals surface area contributed by atoms with E-state index in [2.05, 4.69) is 0 Å². The second-order valence-corrected chi connectivity index (χ2v) is 6.29. The second-order valence-electron chi connectivity index (χ2n) is 5.34. The van der Waals surface area contributed by atoms with Gasteiger partial charge in [0.25, 0.3) is 5.78 Å². The summed E-state index contributed by atoms with van der Waals surface area (Å²) in [6, 6.07) is 19.3. The van der Waals surface area contributed by atoms with Crippen LogP contribution in [0.4, 0.5) is 0 Å². The van der Waals surface area contributed by atoms with E-state index in [1.165, 1.54) is 11.3 Å². The topological polar surface area (TPSA) is 43.4 Å². The Kier molecular flexibility index (Phi) is 4.87. The zero-order chi connectivity index (χ0) is 16.9. The largest absolute Gasteiger partial charge is 0.455 e. The maximum absolute atomic E-state index is 11.9. The number of hydrogen-bond acceptors (Lipinski definition) is 4. The number of thiophene rings is 1. The fraction of sp³-hybridized carbons (Fsp3) is 0.100. The molecule has 0 amide bonds. The van der Waals surface area contributed by atoms with Crippen LogP contribution in [0.1, 0.15) is 20.8 Å². The number of esters is 1. The van der Waals surface area contributed by atoms with Gasteiger partial charge in [-0.05, 0) is 40.6 Å². The highest BCUT2D eigenvalue weighted by Gasteiger charge is 2.19. The number of hydrogen-bond donors (Lipinski definition) is 0. The van der Waals surface area contributed by atoms with E-state index in [-0.39, 0.29) is 6.61 Å². The Balaban J connectivity index is 1.74. The fourth-order valence-electron chi connectivity index (χ4n) is 2.49. The van der Waals surface area contributed by atoms with E-state index in [4.69, 9.17) is 4.74 Å². The van der Waals surface area contributed by atoms with Crippen LogP contribution in [0, 0.1) is 6.92 Å². The Hall–Kier alpha value is -2.72. The van der Waals surface area contributed by atoms with Gasteiger partial charge in [0.15, 0.2) is 0 Å². The molecule has 0 aliphatic rings. The lowest BCUT2D eigenvalue weighted by molar-refractivity contribution is -0.139. The molecule has 0 aliphatic carbocycles. The second kappa shape index (κ2) is 7.23. The Morgan fingerprint density at radius 3 is 2.46 bits per heavy atom. The van der Waals surface area contributed by atoms with Crippen LogP contribution in [0.15, 0.2) is 66.0 Å². The Bertz CT molecular complexity index is 852. The third-order valence-corrected chi connectivity index (χ3v) is 4.69. The van der Waals surface area contributed by atoms with Crippen molar-refractivity contribution in [3.8, 4) is 11.1 Å². The van der Waals surface area contributed by atoms with Crippen molar-refractivity contribution in [2.75, 3.05) is 0 Å². The van der Waals surface area contributed by atoms with Crippen molar-refractivity contribution in [1.29, 1.82) is 0 Å². The number of ether oxygens (including phenoxy) is 1. The highest BCUT2D eigenvalue weighted by Crippen LogP contribution is 2.26. The zero-order valence-electron chi connectivity index (χ0n) is 13.2. The van der Waals surface area contributed by atoms with E-state index < -0.39 is 11.8 Å².